The van der Waals surface area contributed by atoms with Crippen LogP contribution in [0.1, 0.15) is 22.3 Å². The van der Waals surface area contributed by atoms with Crippen LogP contribution in [0.15, 0.2) is 59.2 Å². The Labute approximate surface area is 171 Å². The maximum atomic E-state index is 12.2. The summed E-state index contributed by atoms with van der Waals surface area (Å²) in [5.41, 5.74) is 3.17. The Morgan fingerprint density at radius 1 is 1.17 bits per heavy atom. The Morgan fingerprint density at radius 2 is 2.03 bits per heavy atom. The minimum Gasteiger partial charge on any atom is -0.507 e. The number of nitrogens with zero attached hydrogens (tertiary/aromatic N) is 1. The van der Waals surface area contributed by atoms with E-state index < -0.39 is 5.91 Å². The third-order valence-corrected chi connectivity index (χ3v) is 4.56. The average Bonchev–Trinajstić information content (AvgIpc) is 3.37. The number of phenols is 1. The Hall–Kier alpha value is -4.07. The van der Waals surface area contributed by atoms with Gasteiger partial charge in [-0.25, -0.2) is 4.98 Å². The van der Waals surface area contributed by atoms with Gasteiger partial charge in [-0.3, -0.25) is 9.59 Å². The fourth-order valence-corrected chi connectivity index (χ4v) is 3.06. The summed E-state index contributed by atoms with van der Waals surface area (Å²) >= 11 is 0. The van der Waals surface area contributed by atoms with E-state index in [0.29, 0.717) is 17.3 Å². The summed E-state index contributed by atoms with van der Waals surface area (Å²) in [4.78, 5) is 32.0. The second-order valence-electron chi connectivity index (χ2n) is 6.87. The van der Waals surface area contributed by atoms with Crippen LogP contribution in [0.4, 0.5) is 5.69 Å². The number of nitrogens with one attached hydrogen (secondary N) is 3. The molecule has 4 rings (SSSR count). The summed E-state index contributed by atoms with van der Waals surface area (Å²) in [6.45, 7) is 1.97. The van der Waals surface area contributed by atoms with Gasteiger partial charge >= 0.3 is 0 Å². The zero-order valence-corrected chi connectivity index (χ0v) is 16.2. The minimum atomic E-state index is -0.426. The molecule has 152 valence electrons. The third-order valence-electron chi connectivity index (χ3n) is 4.56. The van der Waals surface area contributed by atoms with Crippen molar-refractivity contribution in [3.8, 4) is 17.3 Å². The molecule has 0 unspecified atom stereocenters. The van der Waals surface area contributed by atoms with Crippen molar-refractivity contribution in [2.45, 2.75) is 13.3 Å². The number of aryl methyl sites for hydroxylation is 1. The van der Waals surface area contributed by atoms with Crippen LogP contribution in [0.5, 0.6) is 5.75 Å². The summed E-state index contributed by atoms with van der Waals surface area (Å²) in [6, 6.07) is 13.8. The summed E-state index contributed by atoms with van der Waals surface area (Å²) in [6.07, 6.45) is 1.67. The molecule has 0 spiro atoms. The largest absolute Gasteiger partial charge is 0.507 e. The maximum absolute atomic E-state index is 12.2. The number of H-pyrrole nitrogens is 1. The predicted molar refractivity (Wildman–Crippen MR) is 112 cm³/mol. The molecule has 8 heteroatoms. The lowest BCUT2D eigenvalue weighted by molar-refractivity contribution is -0.116. The highest BCUT2D eigenvalue weighted by atomic mass is 16.3. The molecule has 4 N–H and O–H groups in total. The van der Waals surface area contributed by atoms with Gasteiger partial charge in [0.2, 0.25) is 5.91 Å². The second kappa shape index (κ2) is 8.12. The van der Waals surface area contributed by atoms with Crippen molar-refractivity contribution in [1.82, 2.24) is 15.3 Å². The Balaban J connectivity index is 1.33. The molecule has 0 saturated carbocycles. The first kappa shape index (κ1) is 19.3. The Kier molecular flexibility index (Phi) is 5.21. The van der Waals surface area contributed by atoms with Gasteiger partial charge in [-0.2, -0.15) is 0 Å². The molecule has 0 aliphatic rings. The molecule has 2 amide bonds. The first-order valence-electron chi connectivity index (χ1n) is 9.41. The lowest BCUT2D eigenvalue weighted by atomic mass is 10.1. The first-order valence-corrected chi connectivity index (χ1v) is 9.41. The van der Waals surface area contributed by atoms with Crippen molar-refractivity contribution in [3.63, 3.8) is 0 Å². The van der Waals surface area contributed by atoms with Crippen molar-refractivity contribution in [1.29, 1.82) is 0 Å². The standard InChI is InChI=1S/C22H20N4O4/c1-13-4-6-15(18(27)11-13)22(29)23-9-8-20(28)24-14-5-7-16-17(12-14)26-21(25-16)19-3-2-10-30-19/h2-7,10-12,27H,8-9H2,1H3,(H,23,29)(H,24,28)(H,25,26). The van der Waals surface area contributed by atoms with Crippen LogP contribution >= 0.6 is 0 Å². The van der Waals surface area contributed by atoms with Gasteiger partial charge < -0.3 is 25.1 Å². The number of aromatic hydroxyl groups is 1. The summed E-state index contributed by atoms with van der Waals surface area (Å²) < 4.78 is 5.34. The van der Waals surface area contributed by atoms with E-state index in [9.17, 15) is 14.7 Å². The molecule has 8 nitrogen and oxygen atoms in total. The van der Waals surface area contributed by atoms with Gasteiger partial charge in [0.05, 0.1) is 22.9 Å². The van der Waals surface area contributed by atoms with E-state index >= 15 is 0 Å². The molecule has 0 aliphatic carbocycles. The lowest BCUT2D eigenvalue weighted by Gasteiger charge is -2.08. The van der Waals surface area contributed by atoms with Crippen molar-refractivity contribution in [2.24, 2.45) is 0 Å². The van der Waals surface area contributed by atoms with Crippen LogP contribution < -0.4 is 10.6 Å². The summed E-state index contributed by atoms with van der Waals surface area (Å²) in [7, 11) is 0. The number of anilines is 1. The van der Waals surface area contributed by atoms with Crippen LogP contribution in [0.25, 0.3) is 22.6 Å². The van der Waals surface area contributed by atoms with Crippen molar-refractivity contribution < 1.29 is 19.1 Å². The molecule has 2 aromatic carbocycles. The number of carbonyl (C=O) groups is 2. The number of rotatable bonds is 6. The number of aromatic amines is 1. The lowest BCUT2D eigenvalue weighted by Crippen LogP contribution is -2.27. The van der Waals surface area contributed by atoms with Crippen LogP contribution in [0.2, 0.25) is 0 Å². The van der Waals surface area contributed by atoms with Crippen molar-refractivity contribution in [2.75, 3.05) is 11.9 Å². The zero-order valence-electron chi connectivity index (χ0n) is 16.2. The molecule has 0 aliphatic heterocycles. The zero-order chi connectivity index (χ0) is 21.1. The number of imidazole rings is 1. The van der Waals surface area contributed by atoms with E-state index in [1.807, 2.05) is 13.0 Å². The number of carbonyl (C=O) groups excluding carboxylic acids is 2. The highest BCUT2D eigenvalue weighted by molar-refractivity contribution is 5.97. The summed E-state index contributed by atoms with van der Waals surface area (Å²) in [5, 5.41) is 15.3. The molecule has 4 aromatic rings. The average molecular weight is 404 g/mol. The van der Waals surface area contributed by atoms with Crippen molar-refractivity contribution in [3.05, 3.63) is 65.9 Å². The Morgan fingerprint density at radius 3 is 2.80 bits per heavy atom. The van der Waals surface area contributed by atoms with Gasteiger partial charge in [-0.1, -0.05) is 6.07 Å². The summed E-state index contributed by atoms with van der Waals surface area (Å²) in [5.74, 6) is 0.490. The van der Waals surface area contributed by atoms with E-state index in [1.54, 1.807) is 42.7 Å². The van der Waals surface area contributed by atoms with Crippen LogP contribution in [-0.4, -0.2) is 33.4 Å². The molecule has 0 saturated heterocycles. The number of benzene rings is 2. The van der Waals surface area contributed by atoms with Crippen LogP contribution in [-0.2, 0) is 4.79 Å². The molecular formula is C22H20N4O4. The third kappa shape index (κ3) is 4.17. The van der Waals surface area contributed by atoms with E-state index in [-0.39, 0.29) is 30.2 Å². The second-order valence-corrected chi connectivity index (χ2v) is 6.87. The molecule has 0 radical (unpaired) electrons. The van der Waals surface area contributed by atoms with Gasteiger partial charge in [0, 0.05) is 18.7 Å². The number of aromatic nitrogens is 2. The van der Waals surface area contributed by atoms with Gasteiger partial charge in [-0.15, -0.1) is 0 Å². The SMILES string of the molecule is Cc1ccc(C(=O)NCCC(=O)Nc2ccc3nc(-c4ccco4)[nH]c3c2)c(O)c1. The number of hydrogen-bond acceptors (Lipinski definition) is 5. The van der Waals surface area contributed by atoms with E-state index in [4.69, 9.17) is 4.42 Å². The highest BCUT2D eigenvalue weighted by Crippen LogP contribution is 2.23. The number of phenolic OH excluding ortho intramolecular Hbond substituents is 1. The molecular weight excluding hydrogens is 384 g/mol. The van der Waals surface area contributed by atoms with Crippen molar-refractivity contribution >= 4 is 28.5 Å². The topological polar surface area (TPSA) is 120 Å². The molecule has 0 fully saturated rings. The number of furan rings is 1. The smallest absolute Gasteiger partial charge is 0.255 e. The van der Waals surface area contributed by atoms with Gasteiger partial charge in [0.25, 0.3) is 5.91 Å². The molecule has 30 heavy (non-hydrogen) atoms. The quantitative estimate of drug-likeness (QED) is 0.391. The number of hydrogen-bond donors (Lipinski definition) is 4. The monoisotopic (exact) mass is 404 g/mol. The normalized spacial score (nSPS) is 10.8. The number of amides is 2. The van der Waals surface area contributed by atoms with Crippen LogP contribution in [0, 0.1) is 6.92 Å². The fraction of sp³-hybridized carbons (Fsp3) is 0.136. The molecule has 2 heterocycles. The number of fused-ring (bicyclic) bond motifs is 1. The van der Waals surface area contributed by atoms with Gasteiger partial charge in [0.15, 0.2) is 11.6 Å². The highest BCUT2D eigenvalue weighted by Gasteiger charge is 2.12. The fourth-order valence-electron chi connectivity index (χ4n) is 3.06. The molecule has 0 bridgehead atoms. The van der Waals surface area contributed by atoms with E-state index in [1.165, 1.54) is 6.07 Å². The minimum absolute atomic E-state index is 0.0845. The predicted octanol–water partition coefficient (Wildman–Crippen LogP) is 3.60. The van der Waals surface area contributed by atoms with E-state index in [2.05, 4.69) is 20.6 Å². The maximum Gasteiger partial charge on any atom is 0.255 e. The first-order chi connectivity index (χ1) is 14.5. The van der Waals surface area contributed by atoms with Gasteiger partial charge in [-0.05, 0) is 55.0 Å². The molecule has 2 aromatic heterocycles. The Bertz CT molecular complexity index is 1210. The van der Waals surface area contributed by atoms with Crippen LogP contribution in [0.3, 0.4) is 0 Å². The van der Waals surface area contributed by atoms with E-state index in [0.717, 1.165) is 16.6 Å². The molecule has 0 atom stereocenters. The van der Waals surface area contributed by atoms with Gasteiger partial charge in [0.1, 0.15) is 5.75 Å².